The second kappa shape index (κ2) is 7.20. The van der Waals surface area contributed by atoms with E-state index in [4.69, 9.17) is 16.3 Å². The Balaban J connectivity index is 1.52. The summed E-state index contributed by atoms with van der Waals surface area (Å²) in [5.41, 5.74) is 0.420. The Kier molecular flexibility index (Phi) is 4.83. The van der Waals surface area contributed by atoms with Crippen LogP contribution in [0.2, 0.25) is 0 Å². The highest BCUT2D eigenvalue weighted by Gasteiger charge is 2.36. The average Bonchev–Trinajstić information content (AvgIpc) is 3.37. The summed E-state index contributed by atoms with van der Waals surface area (Å²) in [4.78, 5) is 29.5. The van der Waals surface area contributed by atoms with Gasteiger partial charge in [0.15, 0.2) is 0 Å². The zero-order valence-corrected chi connectivity index (χ0v) is 15.9. The lowest BCUT2D eigenvalue weighted by atomic mass is 10.1. The maximum absolute atomic E-state index is 13.0. The van der Waals surface area contributed by atoms with E-state index < -0.39 is 22.1 Å². The first kappa shape index (κ1) is 19.5. The van der Waals surface area contributed by atoms with Crippen LogP contribution in [-0.4, -0.2) is 36.4 Å². The molecule has 1 aromatic heterocycles. The van der Waals surface area contributed by atoms with Gasteiger partial charge in [-0.15, -0.1) is 0 Å². The van der Waals surface area contributed by atoms with Crippen LogP contribution in [0.15, 0.2) is 38.4 Å². The lowest BCUT2D eigenvalue weighted by molar-refractivity contribution is 0.0551. The second-order valence-electron chi connectivity index (χ2n) is 6.60. The largest absolute Gasteiger partial charge is 0.400 e. The van der Waals surface area contributed by atoms with Crippen LogP contribution < -0.4 is 21.1 Å². The number of rotatable bonds is 6. The summed E-state index contributed by atoms with van der Waals surface area (Å²) in [5, 5.41) is 2.68. The molecular weight excluding hydrogens is 410 g/mol. The first-order valence-electron chi connectivity index (χ1n) is 8.67. The standard InChI is InChI=1S/C18H15ClF2N4O4/c1-28-11-6-7-25(8-11)13-12(14(26)15(13)27)22-10-4-2-9(3-5-10)16-23-17(29-24-16)18(19,20)21/h2-5,11,22H,6-8H2,1H3. The smallest absolute Gasteiger partial charge is 0.380 e. The highest BCUT2D eigenvalue weighted by molar-refractivity contribution is 6.21. The molecule has 1 aliphatic rings. The predicted octanol–water partition coefficient (Wildman–Crippen LogP) is 2.59. The Bertz CT molecular complexity index is 1100. The fourth-order valence-corrected chi connectivity index (χ4v) is 3.30. The normalized spacial score (nSPS) is 17.2. The molecule has 29 heavy (non-hydrogen) atoms. The lowest BCUT2D eigenvalue weighted by Gasteiger charge is -2.23. The Labute approximate surface area is 167 Å². The van der Waals surface area contributed by atoms with E-state index in [2.05, 4.69) is 20.0 Å². The fraction of sp³-hybridized carbons (Fsp3) is 0.333. The number of anilines is 3. The van der Waals surface area contributed by atoms with Crippen LogP contribution in [0.4, 0.5) is 25.8 Å². The fourth-order valence-electron chi connectivity index (χ4n) is 3.22. The first-order chi connectivity index (χ1) is 13.8. The number of benzene rings is 1. The van der Waals surface area contributed by atoms with Crippen molar-refractivity contribution >= 4 is 28.7 Å². The van der Waals surface area contributed by atoms with E-state index in [1.807, 2.05) is 4.90 Å². The molecule has 0 radical (unpaired) electrons. The molecule has 1 saturated heterocycles. The molecule has 2 heterocycles. The minimum absolute atomic E-state index is 0.0201. The van der Waals surface area contributed by atoms with E-state index in [1.54, 1.807) is 31.4 Å². The molecule has 1 N–H and O–H groups in total. The summed E-state index contributed by atoms with van der Waals surface area (Å²) < 4.78 is 35.8. The van der Waals surface area contributed by atoms with Crippen molar-refractivity contribution in [2.24, 2.45) is 0 Å². The summed E-state index contributed by atoms with van der Waals surface area (Å²) in [7, 11) is 1.61. The van der Waals surface area contributed by atoms with Crippen molar-refractivity contribution < 1.29 is 18.0 Å². The molecule has 1 aliphatic heterocycles. The number of hydrogen-bond donors (Lipinski definition) is 1. The monoisotopic (exact) mass is 424 g/mol. The molecule has 1 fully saturated rings. The van der Waals surface area contributed by atoms with Gasteiger partial charge in [-0.1, -0.05) is 5.16 Å². The molecule has 152 valence electrons. The third-order valence-electron chi connectivity index (χ3n) is 4.76. The van der Waals surface area contributed by atoms with Crippen molar-refractivity contribution in [2.45, 2.75) is 17.9 Å². The van der Waals surface area contributed by atoms with Crippen molar-refractivity contribution in [2.75, 3.05) is 30.4 Å². The number of nitrogens with one attached hydrogen (secondary N) is 1. The summed E-state index contributed by atoms with van der Waals surface area (Å²) in [6.45, 7) is 1.17. The van der Waals surface area contributed by atoms with Gasteiger partial charge in [0.1, 0.15) is 11.4 Å². The van der Waals surface area contributed by atoms with Gasteiger partial charge in [-0.3, -0.25) is 9.59 Å². The van der Waals surface area contributed by atoms with Crippen molar-refractivity contribution in [1.29, 1.82) is 0 Å². The number of hydrogen-bond acceptors (Lipinski definition) is 8. The molecule has 0 aliphatic carbocycles. The van der Waals surface area contributed by atoms with E-state index in [9.17, 15) is 18.4 Å². The molecule has 4 rings (SSSR count). The van der Waals surface area contributed by atoms with Gasteiger partial charge in [0.2, 0.25) is 5.82 Å². The number of halogens is 3. The van der Waals surface area contributed by atoms with Gasteiger partial charge in [0, 0.05) is 31.5 Å². The molecule has 0 spiro atoms. The number of nitrogens with zero attached hydrogens (tertiary/aromatic N) is 3. The average molecular weight is 425 g/mol. The summed E-state index contributed by atoms with van der Waals surface area (Å²) in [6, 6.07) is 6.33. The molecule has 8 nitrogen and oxygen atoms in total. The maximum Gasteiger partial charge on any atom is 0.400 e. The van der Waals surface area contributed by atoms with Crippen LogP contribution in [0.25, 0.3) is 11.4 Å². The third-order valence-corrected chi connectivity index (χ3v) is 4.92. The summed E-state index contributed by atoms with van der Waals surface area (Å²) in [6.07, 6.45) is 0.795. The second-order valence-corrected chi connectivity index (χ2v) is 7.07. The Morgan fingerprint density at radius 1 is 1.28 bits per heavy atom. The van der Waals surface area contributed by atoms with E-state index in [0.29, 0.717) is 30.0 Å². The highest BCUT2D eigenvalue weighted by atomic mass is 35.5. The van der Waals surface area contributed by atoms with Gasteiger partial charge in [0.05, 0.1) is 6.10 Å². The minimum Gasteiger partial charge on any atom is -0.380 e. The predicted molar refractivity (Wildman–Crippen MR) is 102 cm³/mol. The zero-order chi connectivity index (χ0) is 20.8. The Morgan fingerprint density at radius 3 is 2.59 bits per heavy atom. The Hall–Kier alpha value is -2.85. The van der Waals surface area contributed by atoms with Crippen LogP contribution in [-0.2, 0) is 10.1 Å². The van der Waals surface area contributed by atoms with Crippen LogP contribution >= 0.6 is 11.6 Å². The highest BCUT2D eigenvalue weighted by Crippen LogP contribution is 2.33. The van der Waals surface area contributed by atoms with Crippen molar-refractivity contribution in [3.05, 3.63) is 50.6 Å². The third kappa shape index (κ3) is 3.60. The molecule has 0 saturated carbocycles. The molecule has 2 aromatic carbocycles. The van der Waals surface area contributed by atoms with Gasteiger partial charge in [0.25, 0.3) is 10.9 Å². The number of alkyl halides is 3. The van der Waals surface area contributed by atoms with Crippen molar-refractivity contribution in [3.63, 3.8) is 0 Å². The molecule has 1 unspecified atom stereocenters. The number of aromatic nitrogens is 2. The van der Waals surface area contributed by atoms with Crippen LogP contribution in [0.3, 0.4) is 0 Å². The lowest BCUT2D eigenvalue weighted by Crippen LogP contribution is -2.41. The van der Waals surface area contributed by atoms with Crippen LogP contribution in [0.5, 0.6) is 0 Å². The van der Waals surface area contributed by atoms with Crippen LogP contribution in [0.1, 0.15) is 12.3 Å². The maximum atomic E-state index is 13.0. The molecule has 11 heteroatoms. The summed E-state index contributed by atoms with van der Waals surface area (Å²) in [5.74, 6) is -1.05. The van der Waals surface area contributed by atoms with Gasteiger partial charge in [-0.2, -0.15) is 13.8 Å². The molecule has 3 aromatic rings. The minimum atomic E-state index is -3.75. The molecular formula is C18H15ClF2N4O4. The van der Waals surface area contributed by atoms with Gasteiger partial charge in [-0.25, -0.2) is 0 Å². The molecule has 0 bridgehead atoms. The quantitative estimate of drug-likeness (QED) is 0.476. The van der Waals surface area contributed by atoms with E-state index in [1.165, 1.54) is 0 Å². The first-order valence-corrected chi connectivity index (χ1v) is 9.05. The van der Waals surface area contributed by atoms with Crippen molar-refractivity contribution in [1.82, 2.24) is 10.1 Å². The van der Waals surface area contributed by atoms with E-state index >= 15 is 0 Å². The van der Waals surface area contributed by atoms with Gasteiger partial charge in [-0.05, 0) is 42.3 Å². The SMILES string of the molecule is COC1CCN(c2c(Nc3ccc(-c4noc(C(F)(F)Cl)n4)cc3)c(=O)c2=O)C1. The molecule has 1 atom stereocenters. The Morgan fingerprint density at radius 2 is 2.00 bits per heavy atom. The number of methoxy groups -OCH3 is 1. The number of ether oxygens (including phenoxy) is 1. The molecule has 0 amide bonds. The van der Waals surface area contributed by atoms with E-state index in [0.717, 1.165) is 6.42 Å². The summed E-state index contributed by atoms with van der Waals surface area (Å²) >= 11 is 4.86. The van der Waals surface area contributed by atoms with Crippen LogP contribution in [0, 0.1) is 0 Å². The van der Waals surface area contributed by atoms with Gasteiger partial charge >= 0.3 is 11.3 Å². The van der Waals surface area contributed by atoms with Crippen molar-refractivity contribution in [3.8, 4) is 11.4 Å². The zero-order valence-electron chi connectivity index (χ0n) is 15.1. The van der Waals surface area contributed by atoms with E-state index in [-0.39, 0.29) is 17.6 Å². The topological polar surface area (TPSA) is 97.6 Å². The van der Waals surface area contributed by atoms with Gasteiger partial charge < -0.3 is 19.5 Å².